The van der Waals surface area contributed by atoms with Crippen molar-refractivity contribution in [2.24, 2.45) is 0 Å². The Bertz CT molecular complexity index is 272. The molecule has 0 aromatic carbocycles. The quantitative estimate of drug-likeness (QED) is 0.682. The molecule has 1 rings (SSSR count). The highest BCUT2D eigenvalue weighted by Crippen LogP contribution is 2.13. The van der Waals surface area contributed by atoms with Gasteiger partial charge < -0.3 is 10.2 Å². The predicted molar refractivity (Wildman–Crippen MR) is 77.9 cm³/mol. The molecule has 1 unspecified atom stereocenters. The Balaban J connectivity index is 2.11. The lowest BCUT2D eigenvalue weighted by molar-refractivity contribution is 0.253. The molecule has 1 heterocycles. The summed E-state index contributed by atoms with van der Waals surface area (Å²) in [7, 11) is 2.23. The van der Waals surface area contributed by atoms with Crippen LogP contribution in [-0.4, -0.2) is 37.6 Å². The lowest BCUT2D eigenvalue weighted by atomic mass is 10.2. The molecule has 0 aliphatic carbocycles. The molecule has 1 N–H and O–H groups in total. The Morgan fingerprint density at radius 2 is 2.24 bits per heavy atom. The number of nitrogens with zero attached hydrogens (tertiary/aromatic N) is 1. The first-order chi connectivity index (χ1) is 8.24. The minimum Gasteiger partial charge on any atom is -0.317 e. The van der Waals surface area contributed by atoms with Crippen molar-refractivity contribution >= 4 is 11.3 Å². The average molecular weight is 254 g/mol. The smallest absolute Gasteiger partial charge is 0.0112 e. The van der Waals surface area contributed by atoms with E-state index in [4.69, 9.17) is 0 Å². The minimum atomic E-state index is 0.639. The van der Waals surface area contributed by atoms with Gasteiger partial charge in [0.2, 0.25) is 0 Å². The second kappa shape index (κ2) is 8.67. The van der Waals surface area contributed by atoms with E-state index in [0.29, 0.717) is 6.04 Å². The van der Waals surface area contributed by atoms with Crippen molar-refractivity contribution in [3.05, 3.63) is 22.4 Å². The number of thiophene rings is 1. The molecule has 1 aromatic rings. The van der Waals surface area contributed by atoms with E-state index in [1.54, 1.807) is 0 Å². The third-order valence-corrected chi connectivity index (χ3v) is 4.02. The normalized spacial score (nSPS) is 13.2. The van der Waals surface area contributed by atoms with Crippen molar-refractivity contribution in [1.82, 2.24) is 10.2 Å². The molecule has 3 heteroatoms. The van der Waals surface area contributed by atoms with E-state index >= 15 is 0 Å². The molecule has 0 spiro atoms. The molecule has 0 saturated carbocycles. The summed E-state index contributed by atoms with van der Waals surface area (Å²) in [6.45, 7) is 8.00. The third-order valence-electron chi connectivity index (χ3n) is 3.12. The van der Waals surface area contributed by atoms with Crippen LogP contribution in [-0.2, 0) is 6.42 Å². The molecule has 2 nitrogen and oxygen atoms in total. The Morgan fingerprint density at radius 3 is 2.88 bits per heavy atom. The number of likely N-dealkylation sites (N-methyl/N-ethyl adjacent to an activating group) is 1. The maximum absolute atomic E-state index is 3.45. The summed E-state index contributed by atoms with van der Waals surface area (Å²) >= 11 is 1.86. The van der Waals surface area contributed by atoms with Gasteiger partial charge >= 0.3 is 0 Å². The van der Waals surface area contributed by atoms with E-state index in [1.807, 2.05) is 11.3 Å². The molecule has 0 bridgehead atoms. The van der Waals surface area contributed by atoms with Crippen LogP contribution in [0.25, 0.3) is 0 Å². The third kappa shape index (κ3) is 6.20. The maximum Gasteiger partial charge on any atom is 0.0112 e. The molecular formula is C14H26N2S. The van der Waals surface area contributed by atoms with Crippen LogP contribution in [0.5, 0.6) is 0 Å². The summed E-state index contributed by atoms with van der Waals surface area (Å²) in [5.41, 5.74) is 0. The highest BCUT2D eigenvalue weighted by molar-refractivity contribution is 7.09. The summed E-state index contributed by atoms with van der Waals surface area (Å²) in [5, 5.41) is 5.61. The van der Waals surface area contributed by atoms with Crippen LogP contribution in [0.2, 0.25) is 0 Å². The van der Waals surface area contributed by atoms with Crippen LogP contribution >= 0.6 is 11.3 Å². The van der Waals surface area contributed by atoms with Gasteiger partial charge in [-0.2, -0.15) is 0 Å². The summed E-state index contributed by atoms with van der Waals surface area (Å²) in [4.78, 5) is 3.96. The number of nitrogens with one attached hydrogen (secondary N) is 1. The standard InChI is InChI=1S/C14H26N2S/c1-4-8-15-9-6-10-16(3)13(2)12-14-7-5-11-17-14/h5,7,11,13,15H,4,6,8-10,12H2,1-3H3. The van der Waals surface area contributed by atoms with Crippen molar-refractivity contribution < 1.29 is 0 Å². The SMILES string of the molecule is CCCNCCCN(C)C(C)Cc1cccs1. The lowest BCUT2D eigenvalue weighted by Crippen LogP contribution is -2.33. The van der Waals surface area contributed by atoms with Crippen LogP contribution in [0.15, 0.2) is 17.5 Å². The Kier molecular flexibility index (Phi) is 7.49. The summed E-state index contributed by atoms with van der Waals surface area (Å²) in [5.74, 6) is 0. The van der Waals surface area contributed by atoms with Gasteiger partial charge in [0.1, 0.15) is 0 Å². The van der Waals surface area contributed by atoms with Gasteiger partial charge in [-0.1, -0.05) is 13.0 Å². The molecule has 0 amide bonds. The highest BCUT2D eigenvalue weighted by atomic mass is 32.1. The monoisotopic (exact) mass is 254 g/mol. The molecule has 1 aromatic heterocycles. The van der Waals surface area contributed by atoms with E-state index < -0.39 is 0 Å². The topological polar surface area (TPSA) is 15.3 Å². The molecule has 0 aliphatic heterocycles. The van der Waals surface area contributed by atoms with Gasteiger partial charge in [0.15, 0.2) is 0 Å². The molecular weight excluding hydrogens is 228 g/mol. The van der Waals surface area contributed by atoms with Gasteiger partial charge in [-0.3, -0.25) is 0 Å². The first kappa shape index (κ1) is 14.7. The molecule has 1 atom stereocenters. The van der Waals surface area contributed by atoms with Crippen LogP contribution in [0, 0.1) is 0 Å². The average Bonchev–Trinajstić information content (AvgIpc) is 2.81. The zero-order valence-corrected chi connectivity index (χ0v) is 12.2. The summed E-state index contributed by atoms with van der Waals surface area (Å²) in [6.07, 6.45) is 3.65. The van der Waals surface area contributed by atoms with E-state index in [9.17, 15) is 0 Å². The van der Waals surface area contributed by atoms with Crippen LogP contribution in [0.3, 0.4) is 0 Å². The fraction of sp³-hybridized carbons (Fsp3) is 0.714. The van der Waals surface area contributed by atoms with Gasteiger partial charge in [-0.05, 0) is 64.3 Å². The molecule has 17 heavy (non-hydrogen) atoms. The van der Waals surface area contributed by atoms with Gasteiger partial charge in [-0.15, -0.1) is 11.3 Å². The molecule has 0 aliphatic rings. The van der Waals surface area contributed by atoms with Crippen LogP contribution in [0.4, 0.5) is 0 Å². The van der Waals surface area contributed by atoms with Crippen molar-refractivity contribution in [3.8, 4) is 0 Å². The second-order valence-corrected chi connectivity index (χ2v) is 5.75. The Hall–Kier alpha value is -0.380. The van der Waals surface area contributed by atoms with Crippen molar-refractivity contribution in [2.75, 3.05) is 26.7 Å². The molecule has 98 valence electrons. The fourth-order valence-electron chi connectivity index (χ4n) is 1.85. The first-order valence-electron chi connectivity index (χ1n) is 6.67. The van der Waals surface area contributed by atoms with Crippen molar-refractivity contribution in [1.29, 1.82) is 0 Å². The highest BCUT2D eigenvalue weighted by Gasteiger charge is 2.09. The Morgan fingerprint density at radius 1 is 1.41 bits per heavy atom. The van der Waals surface area contributed by atoms with Crippen LogP contribution < -0.4 is 5.32 Å². The molecule has 0 radical (unpaired) electrons. The van der Waals surface area contributed by atoms with Gasteiger partial charge in [0, 0.05) is 10.9 Å². The van der Waals surface area contributed by atoms with Gasteiger partial charge in [-0.25, -0.2) is 0 Å². The largest absolute Gasteiger partial charge is 0.317 e. The van der Waals surface area contributed by atoms with Crippen molar-refractivity contribution in [2.45, 2.75) is 39.2 Å². The summed E-state index contributed by atoms with van der Waals surface area (Å²) < 4.78 is 0. The van der Waals surface area contributed by atoms with E-state index in [1.165, 1.54) is 30.7 Å². The lowest BCUT2D eigenvalue weighted by Gasteiger charge is -2.24. The number of hydrogen-bond donors (Lipinski definition) is 1. The maximum atomic E-state index is 3.45. The molecule has 0 fully saturated rings. The predicted octanol–water partition coefficient (Wildman–Crippen LogP) is 3.00. The fourth-order valence-corrected chi connectivity index (χ4v) is 2.68. The minimum absolute atomic E-state index is 0.639. The van der Waals surface area contributed by atoms with E-state index in [-0.39, 0.29) is 0 Å². The number of rotatable bonds is 9. The van der Waals surface area contributed by atoms with E-state index in [2.05, 4.69) is 48.6 Å². The van der Waals surface area contributed by atoms with Crippen molar-refractivity contribution in [3.63, 3.8) is 0 Å². The Labute approximate surface area is 110 Å². The van der Waals surface area contributed by atoms with Crippen LogP contribution in [0.1, 0.15) is 31.6 Å². The van der Waals surface area contributed by atoms with Gasteiger partial charge in [0.05, 0.1) is 0 Å². The van der Waals surface area contributed by atoms with Gasteiger partial charge in [0.25, 0.3) is 0 Å². The second-order valence-electron chi connectivity index (χ2n) is 4.72. The zero-order valence-electron chi connectivity index (χ0n) is 11.4. The first-order valence-corrected chi connectivity index (χ1v) is 7.55. The molecule has 0 saturated heterocycles. The summed E-state index contributed by atoms with van der Waals surface area (Å²) in [6, 6.07) is 5.01. The van der Waals surface area contributed by atoms with E-state index in [0.717, 1.165) is 13.1 Å². The zero-order chi connectivity index (χ0) is 12.5. The number of hydrogen-bond acceptors (Lipinski definition) is 3.